The highest BCUT2D eigenvalue weighted by Gasteiger charge is 2.40. The van der Waals surface area contributed by atoms with Crippen molar-refractivity contribution in [1.82, 2.24) is 14.5 Å². The van der Waals surface area contributed by atoms with Crippen molar-refractivity contribution in [2.75, 3.05) is 26.2 Å². The van der Waals surface area contributed by atoms with Crippen LogP contribution in [0.3, 0.4) is 0 Å². The molecular weight excluding hydrogens is 366 g/mol. The number of nitrogens with one attached hydrogen (secondary N) is 1. The maximum atomic E-state index is 12.8. The van der Waals surface area contributed by atoms with Crippen molar-refractivity contribution >= 4 is 27.4 Å². The quantitative estimate of drug-likeness (QED) is 0.799. The fourth-order valence-electron chi connectivity index (χ4n) is 4.66. The van der Waals surface area contributed by atoms with E-state index in [2.05, 4.69) is 10.2 Å². The van der Waals surface area contributed by atoms with E-state index in [0.717, 1.165) is 22.5 Å². The molecular formula is C19H27N3O2S2. The lowest BCUT2D eigenvalue weighted by atomic mass is 9.95. The number of rotatable bonds is 3. The minimum Gasteiger partial charge on any atom is -0.360 e. The summed E-state index contributed by atoms with van der Waals surface area (Å²) in [7, 11) is -3.41. The lowest BCUT2D eigenvalue weighted by molar-refractivity contribution is 0.258. The zero-order valence-corrected chi connectivity index (χ0v) is 16.9. The molecule has 2 aliphatic carbocycles. The van der Waals surface area contributed by atoms with Crippen LogP contribution in [0.2, 0.25) is 0 Å². The van der Waals surface area contributed by atoms with Gasteiger partial charge in [0.1, 0.15) is 0 Å². The van der Waals surface area contributed by atoms with E-state index < -0.39 is 10.0 Å². The Morgan fingerprint density at radius 3 is 2.35 bits per heavy atom. The number of sulfonamides is 1. The SMILES string of the molecule is Cc1ccc(S(=O)(=O)N2CCN(C(=S)N[C@@H]3C[C@H]4CC[C@H]3C4)CC2)cc1. The summed E-state index contributed by atoms with van der Waals surface area (Å²) in [5.41, 5.74) is 1.06. The molecule has 142 valence electrons. The molecule has 1 aliphatic heterocycles. The molecule has 0 radical (unpaired) electrons. The number of fused-ring (bicyclic) bond motifs is 2. The first-order valence-corrected chi connectivity index (χ1v) is 11.4. The van der Waals surface area contributed by atoms with Crippen molar-refractivity contribution in [3.05, 3.63) is 29.8 Å². The Kier molecular flexibility index (Phi) is 4.96. The highest BCUT2D eigenvalue weighted by molar-refractivity contribution is 7.89. The van der Waals surface area contributed by atoms with E-state index in [1.54, 1.807) is 16.4 Å². The van der Waals surface area contributed by atoms with Crippen molar-refractivity contribution in [2.24, 2.45) is 11.8 Å². The van der Waals surface area contributed by atoms with Gasteiger partial charge in [0.15, 0.2) is 5.11 Å². The van der Waals surface area contributed by atoms with E-state index in [9.17, 15) is 8.42 Å². The van der Waals surface area contributed by atoms with Crippen LogP contribution < -0.4 is 5.32 Å². The normalized spacial score (nSPS) is 29.1. The van der Waals surface area contributed by atoms with Crippen molar-refractivity contribution in [3.63, 3.8) is 0 Å². The molecule has 5 nitrogen and oxygen atoms in total. The lowest BCUT2D eigenvalue weighted by Gasteiger charge is -2.37. The second kappa shape index (κ2) is 7.09. The van der Waals surface area contributed by atoms with Crippen molar-refractivity contribution in [3.8, 4) is 0 Å². The maximum Gasteiger partial charge on any atom is 0.243 e. The molecule has 0 unspecified atom stereocenters. The van der Waals surface area contributed by atoms with Crippen LogP contribution in [-0.2, 0) is 10.0 Å². The number of hydrogen-bond acceptors (Lipinski definition) is 3. The second-order valence-corrected chi connectivity index (χ2v) is 10.3. The smallest absolute Gasteiger partial charge is 0.243 e. The average molecular weight is 394 g/mol. The Morgan fingerprint density at radius 1 is 1.08 bits per heavy atom. The molecule has 1 aromatic rings. The Balaban J connectivity index is 1.33. The van der Waals surface area contributed by atoms with Gasteiger partial charge in [-0.15, -0.1) is 0 Å². The Labute approximate surface area is 161 Å². The van der Waals surface area contributed by atoms with Gasteiger partial charge >= 0.3 is 0 Å². The third-order valence-electron chi connectivity index (χ3n) is 6.23. The number of aryl methyl sites for hydroxylation is 1. The highest BCUT2D eigenvalue weighted by Crippen LogP contribution is 2.44. The molecule has 7 heteroatoms. The summed E-state index contributed by atoms with van der Waals surface area (Å²) < 4.78 is 27.2. The van der Waals surface area contributed by atoms with Crippen LogP contribution in [0.5, 0.6) is 0 Å². The molecule has 26 heavy (non-hydrogen) atoms. The lowest BCUT2D eigenvalue weighted by Crippen LogP contribution is -2.54. The van der Waals surface area contributed by atoms with Crippen LogP contribution in [0.4, 0.5) is 0 Å². The molecule has 2 saturated carbocycles. The minimum atomic E-state index is -3.41. The Morgan fingerprint density at radius 2 is 1.77 bits per heavy atom. The first kappa shape index (κ1) is 18.2. The molecule has 4 rings (SSSR count). The van der Waals surface area contributed by atoms with Crippen LogP contribution >= 0.6 is 12.2 Å². The number of benzene rings is 1. The van der Waals surface area contributed by atoms with Gasteiger partial charge in [0.2, 0.25) is 10.0 Å². The van der Waals surface area contributed by atoms with Gasteiger partial charge in [0.25, 0.3) is 0 Å². The third-order valence-corrected chi connectivity index (χ3v) is 8.52. The van der Waals surface area contributed by atoms with Gasteiger partial charge in [-0.1, -0.05) is 24.1 Å². The van der Waals surface area contributed by atoms with Gasteiger partial charge in [-0.2, -0.15) is 4.31 Å². The fourth-order valence-corrected chi connectivity index (χ4v) is 6.42. The molecule has 1 N–H and O–H groups in total. The van der Waals surface area contributed by atoms with Gasteiger partial charge in [0, 0.05) is 32.2 Å². The van der Waals surface area contributed by atoms with Crippen LogP contribution in [0.1, 0.15) is 31.2 Å². The Bertz CT molecular complexity index is 770. The first-order valence-electron chi connectivity index (χ1n) is 9.56. The van der Waals surface area contributed by atoms with E-state index in [1.165, 1.54) is 25.7 Å². The maximum absolute atomic E-state index is 12.8. The number of piperazine rings is 1. The standard InChI is InChI=1S/C19H27N3O2S2/c1-14-2-6-17(7-3-14)26(23,24)22-10-8-21(9-11-22)19(25)20-18-13-15-4-5-16(18)12-15/h2-3,6-7,15-16,18H,4-5,8-13H2,1H3,(H,20,25)/t15-,16-,18+/m0/s1. The number of thiocarbonyl (C=S) groups is 1. The molecule has 1 heterocycles. The highest BCUT2D eigenvalue weighted by atomic mass is 32.2. The van der Waals surface area contributed by atoms with Crippen LogP contribution in [0.25, 0.3) is 0 Å². The van der Waals surface area contributed by atoms with Gasteiger partial charge in [-0.25, -0.2) is 8.42 Å². The van der Waals surface area contributed by atoms with Gasteiger partial charge < -0.3 is 10.2 Å². The third kappa shape index (κ3) is 3.49. The number of hydrogen-bond donors (Lipinski definition) is 1. The van der Waals surface area contributed by atoms with Crippen molar-refractivity contribution in [2.45, 2.75) is 43.5 Å². The van der Waals surface area contributed by atoms with Crippen molar-refractivity contribution < 1.29 is 8.42 Å². The fraction of sp³-hybridized carbons (Fsp3) is 0.632. The molecule has 1 saturated heterocycles. The zero-order valence-electron chi connectivity index (χ0n) is 15.2. The molecule has 2 bridgehead atoms. The van der Waals surface area contributed by atoms with Crippen LogP contribution in [-0.4, -0.2) is 55.0 Å². The summed E-state index contributed by atoms with van der Waals surface area (Å²) in [6.45, 7) is 4.22. The van der Waals surface area contributed by atoms with E-state index in [1.807, 2.05) is 19.1 Å². The molecule has 1 aromatic carbocycles. The summed E-state index contributed by atoms with van der Waals surface area (Å²) in [5.74, 6) is 1.66. The molecule has 3 atom stereocenters. The largest absolute Gasteiger partial charge is 0.360 e. The van der Waals surface area contributed by atoms with Crippen LogP contribution in [0, 0.1) is 18.8 Å². The first-order chi connectivity index (χ1) is 12.4. The summed E-state index contributed by atoms with van der Waals surface area (Å²) >= 11 is 5.61. The van der Waals surface area contributed by atoms with Gasteiger partial charge in [-0.3, -0.25) is 0 Å². The van der Waals surface area contributed by atoms with Crippen LogP contribution in [0.15, 0.2) is 29.2 Å². The van der Waals surface area contributed by atoms with E-state index in [-0.39, 0.29) is 0 Å². The topological polar surface area (TPSA) is 52.7 Å². The second-order valence-electron chi connectivity index (χ2n) is 7.94. The summed E-state index contributed by atoms with van der Waals surface area (Å²) in [5, 5.41) is 4.36. The van der Waals surface area contributed by atoms with Crippen molar-refractivity contribution in [1.29, 1.82) is 0 Å². The number of nitrogens with zero attached hydrogens (tertiary/aromatic N) is 2. The summed E-state index contributed by atoms with van der Waals surface area (Å²) in [6.07, 6.45) is 5.30. The summed E-state index contributed by atoms with van der Waals surface area (Å²) in [4.78, 5) is 2.50. The van der Waals surface area contributed by atoms with Gasteiger partial charge in [0.05, 0.1) is 4.90 Å². The zero-order chi connectivity index (χ0) is 18.3. The molecule has 3 fully saturated rings. The van der Waals surface area contributed by atoms with Gasteiger partial charge in [-0.05, 0) is 62.4 Å². The van der Waals surface area contributed by atoms with E-state index in [0.29, 0.717) is 37.1 Å². The monoisotopic (exact) mass is 393 g/mol. The minimum absolute atomic E-state index is 0.374. The van der Waals surface area contributed by atoms with E-state index in [4.69, 9.17) is 12.2 Å². The Hall–Kier alpha value is -1.18. The predicted molar refractivity (Wildman–Crippen MR) is 106 cm³/mol. The van der Waals surface area contributed by atoms with E-state index >= 15 is 0 Å². The molecule has 0 amide bonds. The molecule has 0 spiro atoms. The average Bonchev–Trinajstić information content (AvgIpc) is 3.25. The predicted octanol–water partition coefficient (Wildman–Crippen LogP) is 2.36. The molecule has 3 aliphatic rings. The molecule has 0 aromatic heterocycles. The summed E-state index contributed by atoms with van der Waals surface area (Å²) in [6, 6.07) is 7.60.